The summed E-state index contributed by atoms with van der Waals surface area (Å²) < 4.78 is 4.79. The average molecular weight is 259 g/mol. The molecule has 19 heavy (non-hydrogen) atoms. The smallest absolute Gasteiger partial charge is 0.281 e. The van der Waals surface area contributed by atoms with E-state index < -0.39 is 0 Å². The molecule has 0 amide bonds. The maximum absolute atomic E-state index is 12.2. The van der Waals surface area contributed by atoms with Crippen molar-refractivity contribution in [3.8, 4) is 0 Å². The third-order valence-electron chi connectivity index (χ3n) is 3.05. The number of imidazole rings is 1. The minimum Gasteiger partial charge on any atom is -0.334 e. The molecule has 0 saturated carbocycles. The van der Waals surface area contributed by atoms with Gasteiger partial charge in [-0.15, -0.1) is 5.10 Å². The Morgan fingerprint density at radius 2 is 2.21 bits per heavy atom. The summed E-state index contributed by atoms with van der Waals surface area (Å²) in [6.45, 7) is 3.12. The molecule has 0 aromatic carbocycles. The van der Waals surface area contributed by atoms with E-state index in [0.29, 0.717) is 17.6 Å². The van der Waals surface area contributed by atoms with E-state index in [1.54, 1.807) is 13.2 Å². The van der Waals surface area contributed by atoms with Crippen LogP contribution >= 0.6 is 0 Å². The van der Waals surface area contributed by atoms with Gasteiger partial charge >= 0.3 is 0 Å². The molecule has 3 aromatic heterocycles. The van der Waals surface area contributed by atoms with Gasteiger partial charge in [-0.05, 0) is 6.92 Å². The molecule has 8 nitrogen and oxygen atoms in total. The zero-order valence-electron chi connectivity index (χ0n) is 10.7. The lowest BCUT2D eigenvalue weighted by Crippen LogP contribution is -2.26. The molecule has 0 unspecified atom stereocenters. The Morgan fingerprint density at radius 3 is 3.00 bits per heavy atom. The largest absolute Gasteiger partial charge is 0.334 e. The van der Waals surface area contributed by atoms with Crippen LogP contribution in [0.25, 0.3) is 11.0 Å². The molecule has 3 rings (SSSR count). The molecule has 0 fully saturated rings. The Balaban J connectivity index is 2.07. The standard InChI is InChI=1S/C11H13N7O/c1-3-17-5-4-12-9(17)7-18-11(19)8-6-13-16(2)10(8)14-15-18/h4-6H,3,7H2,1-2H3. The van der Waals surface area contributed by atoms with Crippen molar-refractivity contribution in [1.82, 2.24) is 34.3 Å². The van der Waals surface area contributed by atoms with Crippen LogP contribution in [0, 0.1) is 0 Å². The first-order valence-electron chi connectivity index (χ1n) is 5.96. The van der Waals surface area contributed by atoms with Crippen LogP contribution in [0.5, 0.6) is 0 Å². The highest BCUT2D eigenvalue weighted by atomic mass is 16.1. The molecule has 0 saturated heterocycles. The van der Waals surface area contributed by atoms with Crippen molar-refractivity contribution in [1.29, 1.82) is 0 Å². The van der Waals surface area contributed by atoms with Gasteiger partial charge in [-0.1, -0.05) is 5.21 Å². The van der Waals surface area contributed by atoms with Crippen molar-refractivity contribution >= 4 is 11.0 Å². The van der Waals surface area contributed by atoms with Gasteiger partial charge in [0.15, 0.2) is 5.65 Å². The van der Waals surface area contributed by atoms with E-state index in [4.69, 9.17) is 0 Å². The second-order valence-corrected chi connectivity index (χ2v) is 4.19. The van der Waals surface area contributed by atoms with Gasteiger partial charge in [0, 0.05) is 26.0 Å². The Kier molecular flexibility index (Phi) is 2.62. The predicted octanol–water partition coefficient (Wildman–Crippen LogP) is -0.210. The van der Waals surface area contributed by atoms with Gasteiger partial charge in [0.25, 0.3) is 5.56 Å². The maximum Gasteiger partial charge on any atom is 0.281 e. The second kappa shape index (κ2) is 4.30. The number of nitrogens with zero attached hydrogens (tertiary/aromatic N) is 7. The Hall–Kier alpha value is -2.51. The van der Waals surface area contributed by atoms with Crippen LogP contribution in [0.2, 0.25) is 0 Å². The number of hydrogen-bond acceptors (Lipinski definition) is 5. The molecule has 3 aromatic rings. The van der Waals surface area contributed by atoms with E-state index in [2.05, 4.69) is 20.4 Å². The first-order valence-corrected chi connectivity index (χ1v) is 5.96. The summed E-state index contributed by atoms with van der Waals surface area (Å²) in [4.78, 5) is 16.5. The maximum atomic E-state index is 12.2. The summed E-state index contributed by atoms with van der Waals surface area (Å²) in [5, 5.41) is 12.4. The van der Waals surface area contributed by atoms with Gasteiger partial charge in [-0.25, -0.2) is 14.3 Å². The Bertz CT molecular complexity index is 782. The number of aryl methyl sites for hydroxylation is 2. The van der Waals surface area contributed by atoms with Crippen LogP contribution in [0.15, 0.2) is 23.4 Å². The highest BCUT2D eigenvalue weighted by Crippen LogP contribution is 2.03. The molecule has 0 N–H and O–H groups in total. The number of fused-ring (bicyclic) bond motifs is 1. The van der Waals surface area contributed by atoms with Crippen LogP contribution in [0.4, 0.5) is 0 Å². The third-order valence-corrected chi connectivity index (χ3v) is 3.05. The Labute approximate surface area is 108 Å². The summed E-state index contributed by atoms with van der Waals surface area (Å²) in [7, 11) is 1.73. The van der Waals surface area contributed by atoms with Crippen molar-refractivity contribution in [2.75, 3.05) is 0 Å². The molecular weight excluding hydrogens is 246 g/mol. The fraction of sp³-hybridized carbons (Fsp3) is 0.364. The summed E-state index contributed by atoms with van der Waals surface area (Å²) in [6, 6.07) is 0. The zero-order valence-corrected chi connectivity index (χ0v) is 10.7. The number of hydrogen-bond donors (Lipinski definition) is 0. The van der Waals surface area contributed by atoms with Gasteiger partial charge in [0.05, 0.1) is 6.20 Å². The molecular formula is C11H13N7O. The second-order valence-electron chi connectivity index (χ2n) is 4.19. The van der Waals surface area contributed by atoms with Crippen LogP contribution in [0.1, 0.15) is 12.7 Å². The molecule has 3 heterocycles. The molecule has 0 atom stereocenters. The predicted molar refractivity (Wildman–Crippen MR) is 67.6 cm³/mol. The summed E-state index contributed by atoms with van der Waals surface area (Å²) in [5.41, 5.74) is 0.281. The lowest BCUT2D eigenvalue weighted by atomic mass is 10.4. The topological polar surface area (TPSA) is 83.4 Å². The van der Waals surface area contributed by atoms with E-state index >= 15 is 0 Å². The van der Waals surface area contributed by atoms with E-state index in [0.717, 1.165) is 12.4 Å². The SMILES string of the molecule is CCn1ccnc1Cn1nnc2c(cnn2C)c1=O. The molecule has 0 radical (unpaired) electrons. The summed E-state index contributed by atoms with van der Waals surface area (Å²) >= 11 is 0. The van der Waals surface area contributed by atoms with Gasteiger partial charge in [0.1, 0.15) is 17.8 Å². The van der Waals surface area contributed by atoms with E-state index in [1.807, 2.05) is 17.7 Å². The van der Waals surface area contributed by atoms with Crippen LogP contribution in [-0.2, 0) is 20.1 Å². The molecule has 8 heteroatoms. The lowest BCUT2D eigenvalue weighted by Gasteiger charge is -2.05. The lowest BCUT2D eigenvalue weighted by molar-refractivity contribution is 0.553. The molecule has 0 aliphatic carbocycles. The van der Waals surface area contributed by atoms with Crippen molar-refractivity contribution in [3.05, 3.63) is 34.8 Å². The first kappa shape index (κ1) is 11.6. The molecule has 0 aliphatic rings. The third kappa shape index (κ3) is 1.81. The molecule has 98 valence electrons. The first-order chi connectivity index (χ1) is 9.20. The fourth-order valence-electron chi connectivity index (χ4n) is 1.99. The van der Waals surface area contributed by atoms with E-state index in [1.165, 1.54) is 15.6 Å². The molecule has 0 aliphatic heterocycles. The van der Waals surface area contributed by atoms with Crippen molar-refractivity contribution in [3.63, 3.8) is 0 Å². The van der Waals surface area contributed by atoms with E-state index in [-0.39, 0.29) is 5.56 Å². The van der Waals surface area contributed by atoms with E-state index in [9.17, 15) is 4.79 Å². The molecule has 0 bridgehead atoms. The van der Waals surface area contributed by atoms with Gasteiger partial charge < -0.3 is 4.57 Å². The van der Waals surface area contributed by atoms with Crippen LogP contribution in [-0.4, -0.2) is 34.3 Å². The van der Waals surface area contributed by atoms with Crippen LogP contribution < -0.4 is 5.56 Å². The fourth-order valence-corrected chi connectivity index (χ4v) is 1.99. The zero-order chi connectivity index (χ0) is 13.4. The highest BCUT2D eigenvalue weighted by Gasteiger charge is 2.11. The number of aromatic nitrogens is 7. The Morgan fingerprint density at radius 1 is 1.37 bits per heavy atom. The molecule has 0 spiro atoms. The summed E-state index contributed by atoms with van der Waals surface area (Å²) in [5.74, 6) is 0.780. The normalized spacial score (nSPS) is 11.3. The minimum atomic E-state index is -0.205. The average Bonchev–Trinajstić information content (AvgIpc) is 3.00. The van der Waals surface area contributed by atoms with Gasteiger partial charge in [-0.3, -0.25) is 4.79 Å². The van der Waals surface area contributed by atoms with Gasteiger partial charge in [0.2, 0.25) is 0 Å². The number of rotatable bonds is 3. The quantitative estimate of drug-likeness (QED) is 0.650. The highest BCUT2D eigenvalue weighted by molar-refractivity contribution is 5.72. The van der Waals surface area contributed by atoms with Gasteiger partial charge in [-0.2, -0.15) is 5.10 Å². The minimum absolute atomic E-state index is 0.205. The van der Waals surface area contributed by atoms with Crippen molar-refractivity contribution in [2.24, 2.45) is 7.05 Å². The van der Waals surface area contributed by atoms with Crippen LogP contribution in [0.3, 0.4) is 0 Å². The van der Waals surface area contributed by atoms with Crippen molar-refractivity contribution < 1.29 is 0 Å². The monoisotopic (exact) mass is 259 g/mol. The summed E-state index contributed by atoms with van der Waals surface area (Å²) in [6.07, 6.45) is 5.09. The van der Waals surface area contributed by atoms with Crippen molar-refractivity contribution in [2.45, 2.75) is 20.0 Å².